The van der Waals surface area contributed by atoms with Crippen LogP contribution >= 0.6 is 0 Å². The van der Waals surface area contributed by atoms with Crippen LogP contribution in [0.2, 0.25) is 0 Å². The van der Waals surface area contributed by atoms with E-state index in [1.807, 2.05) is 0 Å². The topological polar surface area (TPSA) is 133 Å². The van der Waals surface area contributed by atoms with Gasteiger partial charge < -0.3 is 35.3 Å². The van der Waals surface area contributed by atoms with Crippen LogP contribution in [0.15, 0.2) is 0 Å². The summed E-state index contributed by atoms with van der Waals surface area (Å²) in [6.07, 6.45) is -1.70. The van der Waals surface area contributed by atoms with Crippen molar-refractivity contribution in [2.75, 3.05) is 13.2 Å². The largest absolute Gasteiger partial charge is 1.00 e. The summed E-state index contributed by atoms with van der Waals surface area (Å²) in [7, 11) is 0. The summed E-state index contributed by atoms with van der Waals surface area (Å²) in [6.45, 7) is -0.657. The SMILES string of the molecule is O=C([O-])CC[C@H](NCC(O)CO)C(=O)[O-].[Na+].[Na+]. The van der Waals surface area contributed by atoms with Crippen molar-refractivity contribution in [2.45, 2.75) is 25.0 Å². The first-order valence-electron chi connectivity index (χ1n) is 4.40. The zero-order valence-corrected chi connectivity index (χ0v) is 14.0. The van der Waals surface area contributed by atoms with Crippen LogP contribution < -0.4 is 74.6 Å². The van der Waals surface area contributed by atoms with Crippen molar-refractivity contribution in [2.24, 2.45) is 0 Å². The zero-order chi connectivity index (χ0) is 11.8. The molecule has 0 spiro atoms. The van der Waals surface area contributed by atoms with Crippen LogP contribution in [0.5, 0.6) is 0 Å². The molecule has 0 heterocycles. The molecular weight excluding hydrogens is 252 g/mol. The summed E-state index contributed by atoms with van der Waals surface area (Å²) >= 11 is 0. The minimum Gasteiger partial charge on any atom is -0.550 e. The number of aliphatic hydroxyl groups excluding tert-OH is 2. The average Bonchev–Trinajstić information content (AvgIpc) is 2.16. The molecule has 0 fully saturated rings. The Morgan fingerprint density at radius 1 is 1.24 bits per heavy atom. The van der Waals surface area contributed by atoms with E-state index in [-0.39, 0.29) is 72.1 Å². The van der Waals surface area contributed by atoms with Crippen molar-refractivity contribution in [3.05, 3.63) is 0 Å². The van der Waals surface area contributed by atoms with E-state index in [0.717, 1.165) is 0 Å². The van der Waals surface area contributed by atoms with E-state index < -0.39 is 37.1 Å². The number of carboxylic acid groups (broad SMARTS) is 2. The summed E-state index contributed by atoms with van der Waals surface area (Å²) in [5, 5.41) is 40.3. The van der Waals surface area contributed by atoms with E-state index in [9.17, 15) is 19.8 Å². The Labute approximate surface area is 143 Å². The molecule has 0 aliphatic heterocycles. The van der Waals surface area contributed by atoms with E-state index in [4.69, 9.17) is 10.2 Å². The van der Waals surface area contributed by atoms with Crippen LogP contribution in [0.4, 0.5) is 0 Å². The number of aliphatic carboxylic acids is 2. The first-order chi connectivity index (χ1) is 6.97. The van der Waals surface area contributed by atoms with Crippen molar-refractivity contribution >= 4 is 11.9 Å². The molecule has 2 atom stereocenters. The van der Waals surface area contributed by atoms with Gasteiger partial charge in [0.1, 0.15) is 0 Å². The van der Waals surface area contributed by atoms with Gasteiger partial charge in [-0.25, -0.2) is 0 Å². The van der Waals surface area contributed by atoms with Crippen LogP contribution in [0.3, 0.4) is 0 Å². The number of carboxylic acids is 2. The monoisotopic (exact) mass is 265 g/mol. The zero-order valence-electron chi connectivity index (χ0n) is 10.0. The Morgan fingerprint density at radius 3 is 2.12 bits per heavy atom. The van der Waals surface area contributed by atoms with Gasteiger partial charge in [0, 0.05) is 18.6 Å². The van der Waals surface area contributed by atoms with Gasteiger partial charge in [0.2, 0.25) is 0 Å². The molecule has 0 aliphatic rings. The first kappa shape index (κ1) is 23.0. The summed E-state index contributed by atoms with van der Waals surface area (Å²) in [6, 6.07) is -1.18. The van der Waals surface area contributed by atoms with Gasteiger partial charge in [-0.3, -0.25) is 0 Å². The molecule has 0 aliphatic carbocycles. The fourth-order valence-corrected chi connectivity index (χ4v) is 0.908. The van der Waals surface area contributed by atoms with Crippen LogP contribution in [0.25, 0.3) is 0 Å². The molecule has 1 unspecified atom stereocenters. The van der Waals surface area contributed by atoms with Gasteiger partial charge in [0.15, 0.2) is 0 Å². The molecule has 0 saturated heterocycles. The van der Waals surface area contributed by atoms with E-state index in [1.54, 1.807) is 0 Å². The number of rotatable bonds is 8. The minimum atomic E-state index is -1.46. The second-order valence-electron chi connectivity index (χ2n) is 3.03. The van der Waals surface area contributed by atoms with Gasteiger partial charge in [-0.1, -0.05) is 0 Å². The van der Waals surface area contributed by atoms with Crippen LogP contribution in [0.1, 0.15) is 12.8 Å². The van der Waals surface area contributed by atoms with Crippen molar-refractivity contribution in [3.8, 4) is 0 Å². The third-order valence-corrected chi connectivity index (χ3v) is 1.73. The molecule has 0 rings (SSSR count). The maximum Gasteiger partial charge on any atom is 1.00 e. The molecule has 0 aromatic carbocycles. The maximum absolute atomic E-state index is 10.5. The third-order valence-electron chi connectivity index (χ3n) is 1.73. The quantitative estimate of drug-likeness (QED) is 0.371. The van der Waals surface area contributed by atoms with Crippen molar-refractivity contribution < 1.29 is 89.1 Å². The number of hydrogen-bond donors (Lipinski definition) is 3. The van der Waals surface area contributed by atoms with E-state index >= 15 is 0 Å². The summed E-state index contributed by atoms with van der Waals surface area (Å²) in [5.41, 5.74) is 0. The number of aliphatic hydroxyl groups is 2. The van der Waals surface area contributed by atoms with Crippen LogP contribution in [-0.2, 0) is 9.59 Å². The third kappa shape index (κ3) is 13.1. The Morgan fingerprint density at radius 2 is 1.76 bits per heavy atom. The van der Waals surface area contributed by atoms with Crippen molar-refractivity contribution in [3.63, 3.8) is 0 Å². The minimum absolute atomic E-state index is 0. The predicted octanol–water partition coefficient (Wildman–Crippen LogP) is -10.4. The molecule has 0 amide bonds. The summed E-state index contributed by atoms with van der Waals surface area (Å²) in [4.78, 5) is 20.6. The van der Waals surface area contributed by atoms with Gasteiger partial charge in [0.25, 0.3) is 0 Å². The molecule has 3 N–H and O–H groups in total. The predicted molar refractivity (Wildman–Crippen MR) is 44.1 cm³/mol. The smallest absolute Gasteiger partial charge is 0.550 e. The molecule has 0 saturated carbocycles. The van der Waals surface area contributed by atoms with Gasteiger partial charge in [-0.15, -0.1) is 0 Å². The van der Waals surface area contributed by atoms with E-state index in [1.165, 1.54) is 0 Å². The molecule has 0 aromatic heterocycles. The van der Waals surface area contributed by atoms with Gasteiger partial charge in [-0.05, 0) is 12.8 Å². The van der Waals surface area contributed by atoms with E-state index in [2.05, 4.69) is 5.32 Å². The molecular formula is C8H13NNa2O6. The number of carbonyl (C=O) groups excluding carboxylic acids is 2. The van der Waals surface area contributed by atoms with Gasteiger partial charge >= 0.3 is 59.1 Å². The standard InChI is InChI=1S/C8H15NO6.2Na/c10-4-5(11)3-9-6(8(14)15)1-2-7(12)13;;/h5-6,9-11H,1-4H2,(H,12,13)(H,14,15);;/q;2*+1/p-2/t5?,6-;;/m0../s1. The number of hydrogen-bond acceptors (Lipinski definition) is 7. The second-order valence-corrected chi connectivity index (χ2v) is 3.03. The Hall–Kier alpha value is 0.820. The van der Waals surface area contributed by atoms with Gasteiger partial charge in [-0.2, -0.15) is 0 Å². The molecule has 0 radical (unpaired) electrons. The Kier molecular flexibility index (Phi) is 17.9. The molecule has 0 aromatic rings. The van der Waals surface area contributed by atoms with Crippen molar-refractivity contribution in [1.82, 2.24) is 5.32 Å². The molecule has 9 heteroatoms. The second kappa shape index (κ2) is 13.3. The molecule has 0 bridgehead atoms. The molecule has 17 heavy (non-hydrogen) atoms. The van der Waals surface area contributed by atoms with Crippen LogP contribution in [-0.4, -0.2) is 47.4 Å². The van der Waals surface area contributed by atoms with Crippen molar-refractivity contribution in [1.29, 1.82) is 0 Å². The summed E-state index contributed by atoms with van der Waals surface area (Å²) in [5.74, 6) is -2.81. The normalized spacial score (nSPS) is 12.8. The van der Waals surface area contributed by atoms with Crippen LogP contribution in [0, 0.1) is 0 Å². The van der Waals surface area contributed by atoms with E-state index in [0.29, 0.717) is 0 Å². The Bertz CT molecular complexity index is 228. The first-order valence-corrected chi connectivity index (χ1v) is 4.40. The number of carbonyl (C=O) groups is 2. The summed E-state index contributed by atoms with van der Waals surface area (Å²) < 4.78 is 0. The average molecular weight is 265 g/mol. The number of nitrogens with one attached hydrogen (secondary N) is 1. The molecule has 7 nitrogen and oxygen atoms in total. The van der Waals surface area contributed by atoms with Gasteiger partial charge in [0.05, 0.1) is 18.7 Å². The maximum atomic E-state index is 10.5. The fraction of sp³-hybridized carbons (Fsp3) is 0.750. The molecule has 88 valence electrons. The Balaban J connectivity index is -0.000000980. The fourth-order valence-electron chi connectivity index (χ4n) is 0.908.